The molecule has 1 N–H and O–H groups in total. The van der Waals surface area contributed by atoms with Crippen LogP contribution < -0.4 is 5.43 Å². The van der Waals surface area contributed by atoms with Crippen molar-refractivity contribution in [1.29, 1.82) is 0 Å². The lowest BCUT2D eigenvalue weighted by molar-refractivity contribution is -0.126. The van der Waals surface area contributed by atoms with E-state index in [9.17, 15) is 9.59 Å². The van der Waals surface area contributed by atoms with Gasteiger partial charge in [0.05, 0.1) is 12.2 Å². The molecule has 0 bridgehead atoms. The van der Waals surface area contributed by atoms with Crippen LogP contribution in [0, 0.1) is 0 Å². The second kappa shape index (κ2) is 6.27. The Labute approximate surface area is 117 Å². The van der Waals surface area contributed by atoms with Crippen LogP contribution in [0.25, 0.3) is 0 Å². The maximum atomic E-state index is 12.5. The summed E-state index contributed by atoms with van der Waals surface area (Å²) < 4.78 is 0. The van der Waals surface area contributed by atoms with Crippen molar-refractivity contribution < 1.29 is 9.59 Å². The first kappa shape index (κ1) is 14.2. The van der Waals surface area contributed by atoms with E-state index in [-0.39, 0.29) is 17.9 Å². The van der Waals surface area contributed by atoms with Gasteiger partial charge >= 0.3 is 0 Å². The molecule has 1 aliphatic rings. The van der Waals surface area contributed by atoms with Crippen molar-refractivity contribution in [1.82, 2.24) is 15.3 Å². The number of hydrogen-bond donors (Lipinski definition) is 1. The first-order valence-electron chi connectivity index (χ1n) is 6.64. The second-order valence-corrected chi connectivity index (χ2v) is 4.94. The van der Waals surface area contributed by atoms with Crippen molar-refractivity contribution in [2.45, 2.75) is 39.3 Å². The summed E-state index contributed by atoms with van der Waals surface area (Å²) in [5, 5.41) is 3.86. The van der Waals surface area contributed by atoms with Crippen LogP contribution in [0.3, 0.4) is 0 Å². The van der Waals surface area contributed by atoms with E-state index in [2.05, 4.69) is 15.5 Å². The summed E-state index contributed by atoms with van der Waals surface area (Å²) in [6, 6.07) is 5.65. The summed E-state index contributed by atoms with van der Waals surface area (Å²) in [6.07, 6.45) is 2.40. The van der Waals surface area contributed by atoms with Crippen LogP contribution in [0.2, 0.25) is 0 Å². The number of aromatic nitrogens is 1. The predicted octanol–water partition coefficient (Wildman–Crippen LogP) is 1.08. The van der Waals surface area contributed by atoms with Gasteiger partial charge in [0, 0.05) is 25.1 Å². The van der Waals surface area contributed by atoms with Crippen molar-refractivity contribution in [3.05, 3.63) is 30.1 Å². The van der Waals surface area contributed by atoms with Gasteiger partial charge in [-0.2, -0.15) is 5.10 Å². The molecular weight excluding hydrogens is 256 g/mol. The van der Waals surface area contributed by atoms with Gasteiger partial charge in [0.2, 0.25) is 5.91 Å². The van der Waals surface area contributed by atoms with E-state index in [0.717, 1.165) is 5.69 Å². The average molecular weight is 274 g/mol. The monoisotopic (exact) mass is 274 g/mol. The van der Waals surface area contributed by atoms with Gasteiger partial charge in [-0.25, -0.2) is 5.43 Å². The van der Waals surface area contributed by atoms with Crippen LogP contribution >= 0.6 is 0 Å². The zero-order valence-corrected chi connectivity index (χ0v) is 11.7. The minimum absolute atomic E-state index is 0.0323. The van der Waals surface area contributed by atoms with E-state index in [0.29, 0.717) is 25.1 Å². The number of nitrogens with one attached hydrogen (secondary N) is 1. The lowest BCUT2D eigenvalue weighted by atomic mass is 10.1. The fourth-order valence-corrected chi connectivity index (χ4v) is 1.95. The standard InChI is InChI=1S/C14H18N4O2/c1-10(2)18(9-11-5-3-4-8-15-11)14(20)12-6-7-13(19)17-16-12/h3-5,8,10H,6-7,9H2,1-2H3,(H,17,19). The van der Waals surface area contributed by atoms with Gasteiger partial charge in [-0.05, 0) is 26.0 Å². The van der Waals surface area contributed by atoms with E-state index in [4.69, 9.17) is 0 Å². The van der Waals surface area contributed by atoms with Gasteiger partial charge in [-0.1, -0.05) is 6.07 Å². The van der Waals surface area contributed by atoms with E-state index < -0.39 is 0 Å². The number of hydrazone groups is 1. The topological polar surface area (TPSA) is 74.7 Å². The molecule has 0 saturated carbocycles. The Morgan fingerprint density at radius 1 is 1.40 bits per heavy atom. The summed E-state index contributed by atoms with van der Waals surface area (Å²) in [5.74, 6) is -0.298. The highest BCUT2D eigenvalue weighted by Crippen LogP contribution is 2.10. The summed E-state index contributed by atoms with van der Waals surface area (Å²) in [5.41, 5.74) is 3.58. The van der Waals surface area contributed by atoms with Gasteiger partial charge in [0.15, 0.2) is 0 Å². The van der Waals surface area contributed by atoms with Crippen LogP contribution in [0.4, 0.5) is 0 Å². The Morgan fingerprint density at radius 2 is 2.20 bits per heavy atom. The molecule has 2 rings (SSSR count). The fraction of sp³-hybridized carbons (Fsp3) is 0.429. The molecule has 2 heterocycles. The number of hydrogen-bond acceptors (Lipinski definition) is 4. The molecule has 0 aromatic carbocycles. The molecule has 0 unspecified atom stereocenters. The van der Waals surface area contributed by atoms with E-state index in [1.54, 1.807) is 11.1 Å². The third kappa shape index (κ3) is 3.40. The van der Waals surface area contributed by atoms with E-state index in [1.165, 1.54) is 0 Å². The smallest absolute Gasteiger partial charge is 0.270 e. The Bertz CT molecular complexity index is 525. The van der Waals surface area contributed by atoms with E-state index in [1.807, 2.05) is 32.0 Å². The Kier molecular flexibility index (Phi) is 4.45. The summed E-state index contributed by atoms with van der Waals surface area (Å²) in [4.78, 5) is 29.5. The Hall–Kier alpha value is -2.24. The molecule has 1 aromatic heterocycles. The van der Waals surface area contributed by atoms with Crippen molar-refractivity contribution >= 4 is 17.5 Å². The van der Waals surface area contributed by atoms with Crippen molar-refractivity contribution in [3.63, 3.8) is 0 Å². The van der Waals surface area contributed by atoms with Gasteiger partial charge in [0.1, 0.15) is 5.71 Å². The lowest BCUT2D eigenvalue weighted by Crippen LogP contribution is -2.43. The normalized spacial score (nSPS) is 14.8. The number of carbonyl (C=O) groups excluding carboxylic acids is 2. The van der Waals surface area contributed by atoms with Crippen molar-refractivity contribution in [3.8, 4) is 0 Å². The molecular formula is C14H18N4O2. The number of rotatable bonds is 4. The average Bonchev–Trinajstić information content (AvgIpc) is 2.45. The quantitative estimate of drug-likeness (QED) is 0.893. The largest absolute Gasteiger partial charge is 0.329 e. The molecule has 106 valence electrons. The summed E-state index contributed by atoms with van der Waals surface area (Å²) in [7, 11) is 0. The van der Waals surface area contributed by atoms with Crippen LogP contribution in [-0.4, -0.2) is 33.5 Å². The minimum Gasteiger partial charge on any atom is -0.329 e. The van der Waals surface area contributed by atoms with Gasteiger partial charge in [0.25, 0.3) is 5.91 Å². The number of pyridine rings is 1. The van der Waals surface area contributed by atoms with Crippen molar-refractivity contribution in [2.75, 3.05) is 0 Å². The Morgan fingerprint density at radius 3 is 2.75 bits per heavy atom. The maximum Gasteiger partial charge on any atom is 0.270 e. The van der Waals surface area contributed by atoms with Gasteiger partial charge in [-0.15, -0.1) is 0 Å². The highest BCUT2D eigenvalue weighted by molar-refractivity contribution is 6.39. The number of nitrogens with zero attached hydrogens (tertiary/aromatic N) is 3. The maximum absolute atomic E-state index is 12.5. The molecule has 0 spiro atoms. The van der Waals surface area contributed by atoms with Crippen LogP contribution in [-0.2, 0) is 16.1 Å². The summed E-state index contributed by atoms with van der Waals surface area (Å²) >= 11 is 0. The molecule has 0 atom stereocenters. The first-order valence-corrected chi connectivity index (χ1v) is 6.64. The highest BCUT2D eigenvalue weighted by atomic mass is 16.2. The molecule has 1 aliphatic heterocycles. The SMILES string of the molecule is CC(C)N(Cc1ccccn1)C(=O)C1=NNC(=O)CC1. The van der Waals surface area contributed by atoms with Crippen LogP contribution in [0.15, 0.2) is 29.5 Å². The number of carbonyl (C=O) groups is 2. The van der Waals surface area contributed by atoms with Crippen molar-refractivity contribution in [2.24, 2.45) is 5.10 Å². The molecule has 0 saturated heterocycles. The molecule has 1 aromatic rings. The zero-order valence-electron chi connectivity index (χ0n) is 11.7. The third-order valence-corrected chi connectivity index (χ3v) is 3.09. The molecule has 6 nitrogen and oxygen atoms in total. The molecule has 0 fully saturated rings. The minimum atomic E-state index is -0.151. The second-order valence-electron chi connectivity index (χ2n) is 4.94. The van der Waals surface area contributed by atoms with Gasteiger partial charge in [-0.3, -0.25) is 14.6 Å². The first-order chi connectivity index (χ1) is 9.58. The molecule has 2 amide bonds. The predicted molar refractivity (Wildman–Crippen MR) is 74.7 cm³/mol. The fourth-order valence-electron chi connectivity index (χ4n) is 1.95. The lowest BCUT2D eigenvalue weighted by Gasteiger charge is -2.27. The molecule has 0 aliphatic carbocycles. The highest BCUT2D eigenvalue weighted by Gasteiger charge is 2.25. The third-order valence-electron chi connectivity index (χ3n) is 3.09. The van der Waals surface area contributed by atoms with Crippen LogP contribution in [0.1, 0.15) is 32.4 Å². The molecule has 6 heteroatoms. The van der Waals surface area contributed by atoms with Gasteiger partial charge < -0.3 is 4.90 Å². The molecule has 0 radical (unpaired) electrons. The number of amides is 2. The van der Waals surface area contributed by atoms with E-state index >= 15 is 0 Å². The summed E-state index contributed by atoms with van der Waals surface area (Å²) in [6.45, 7) is 4.33. The zero-order chi connectivity index (χ0) is 14.5. The Balaban J connectivity index is 2.12. The molecule has 20 heavy (non-hydrogen) atoms. The van der Waals surface area contributed by atoms with Crippen LogP contribution in [0.5, 0.6) is 0 Å².